The van der Waals surface area contributed by atoms with Gasteiger partial charge in [-0.1, -0.05) is 29.8 Å². The molecule has 0 saturated carbocycles. The highest BCUT2D eigenvalue weighted by Gasteiger charge is 2.19. The minimum Gasteiger partial charge on any atom is -0.235 e. The van der Waals surface area contributed by atoms with Crippen molar-refractivity contribution in [1.29, 1.82) is 0 Å². The van der Waals surface area contributed by atoms with Gasteiger partial charge in [-0.15, -0.1) is 0 Å². The van der Waals surface area contributed by atoms with Gasteiger partial charge in [0.15, 0.2) is 0 Å². The maximum atomic E-state index is 12.1. The Hall–Kier alpha value is -1.26. The Labute approximate surface area is 126 Å². The summed E-state index contributed by atoms with van der Waals surface area (Å²) in [7, 11) is -1.29. The van der Waals surface area contributed by atoms with Gasteiger partial charge in [0.2, 0.25) is 0 Å². The molecule has 1 atom stereocenters. The summed E-state index contributed by atoms with van der Waals surface area (Å²) in [5.41, 5.74) is 2.35. The fraction of sp³-hybridized carbons (Fsp3) is 0.333. The van der Waals surface area contributed by atoms with Gasteiger partial charge in [0.25, 0.3) is 0 Å². The Morgan fingerprint density at radius 1 is 1.25 bits per heavy atom. The fourth-order valence-corrected chi connectivity index (χ4v) is 2.49. The third kappa shape index (κ3) is 3.25. The average Bonchev–Trinajstić information content (AvgIpc) is 2.36. The minimum absolute atomic E-state index is 0.378. The molecule has 0 aliphatic rings. The van der Waals surface area contributed by atoms with Crippen LogP contribution in [-0.2, 0) is 11.0 Å². The number of halogens is 1. The molecule has 0 N–H and O–H groups in total. The molecule has 3 nitrogen and oxygen atoms in total. The topological polar surface area (TPSA) is 42.3 Å². The van der Waals surface area contributed by atoms with Gasteiger partial charge in [-0.05, 0) is 39.8 Å². The maximum absolute atomic E-state index is 12.1. The molecule has 0 bridgehead atoms. The molecule has 0 radical (unpaired) electrons. The van der Waals surface area contributed by atoms with Crippen molar-refractivity contribution in [2.45, 2.75) is 32.4 Å². The summed E-state index contributed by atoms with van der Waals surface area (Å²) in [6.45, 7) is 7.55. The second-order valence-corrected chi connectivity index (χ2v) is 7.84. The lowest BCUT2D eigenvalue weighted by atomic mass is 10.1. The molecule has 1 unspecified atom stereocenters. The van der Waals surface area contributed by atoms with E-state index >= 15 is 0 Å². The minimum atomic E-state index is -1.29. The zero-order valence-corrected chi connectivity index (χ0v) is 13.5. The molecule has 106 valence electrons. The molecule has 1 heterocycles. The van der Waals surface area contributed by atoms with Crippen LogP contribution in [0.4, 0.5) is 0 Å². The predicted octanol–water partition coefficient (Wildman–Crippen LogP) is 4.16. The van der Waals surface area contributed by atoms with Crippen molar-refractivity contribution in [3.05, 3.63) is 41.0 Å². The first-order valence-electron chi connectivity index (χ1n) is 6.32. The Bertz CT molecular complexity index is 705. The Kier molecular flexibility index (Phi) is 4.25. The number of rotatable bonds is 2. The molecule has 1 aromatic carbocycles. The van der Waals surface area contributed by atoms with Crippen LogP contribution in [0.15, 0.2) is 34.7 Å². The number of fused-ring (bicyclic) bond motifs is 1. The Morgan fingerprint density at radius 3 is 2.60 bits per heavy atom. The van der Waals surface area contributed by atoms with Crippen LogP contribution in [0.5, 0.6) is 0 Å². The summed E-state index contributed by atoms with van der Waals surface area (Å²) in [6.07, 6.45) is 0. The van der Waals surface area contributed by atoms with Crippen LogP contribution in [-0.4, -0.2) is 19.7 Å². The molecule has 0 aliphatic heterocycles. The average molecular weight is 309 g/mol. The lowest BCUT2D eigenvalue weighted by Gasteiger charge is -2.14. The first kappa shape index (κ1) is 15.1. The molecular weight excluding hydrogens is 292 g/mol. The highest BCUT2D eigenvalue weighted by Crippen LogP contribution is 2.21. The van der Waals surface area contributed by atoms with Gasteiger partial charge >= 0.3 is 0 Å². The summed E-state index contributed by atoms with van der Waals surface area (Å²) in [4.78, 5) is 4.35. The van der Waals surface area contributed by atoms with Crippen molar-refractivity contribution in [3.63, 3.8) is 0 Å². The lowest BCUT2D eigenvalue weighted by molar-refractivity contribution is 0.650. The van der Waals surface area contributed by atoms with E-state index in [0.29, 0.717) is 10.9 Å². The largest absolute Gasteiger partial charge is 0.235 e. The second kappa shape index (κ2) is 5.62. The van der Waals surface area contributed by atoms with E-state index in [-0.39, 0.29) is 4.75 Å². The van der Waals surface area contributed by atoms with Crippen molar-refractivity contribution in [1.82, 2.24) is 4.98 Å². The normalized spacial score (nSPS) is 14.6. The van der Waals surface area contributed by atoms with Crippen LogP contribution in [0.2, 0.25) is 5.15 Å². The quantitative estimate of drug-likeness (QED) is 0.617. The van der Waals surface area contributed by atoms with Crippen LogP contribution >= 0.6 is 11.6 Å². The Morgan fingerprint density at radius 2 is 1.95 bits per heavy atom. The van der Waals surface area contributed by atoms with E-state index in [1.54, 1.807) is 6.07 Å². The number of para-hydroxylation sites is 1. The van der Waals surface area contributed by atoms with Crippen molar-refractivity contribution in [3.8, 4) is 0 Å². The van der Waals surface area contributed by atoms with E-state index in [2.05, 4.69) is 9.38 Å². The zero-order chi connectivity index (χ0) is 14.9. The van der Waals surface area contributed by atoms with Gasteiger partial charge in [-0.2, -0.15) is 4.40 Å². The number of hydrogen-bond acceptors (Lipinski definition) is 2. The summed E-state index contributed by atoms with van der Waals surface area (Å²) in [5.74, 6) is 0. The van der Waals surface area contributed by atoms with Gasteiger partial charge in [0.05, 0.1) is 16.0 Å². The Balaban J connectivity index is 2.55. The van der Waals surface area contributed by atoms with Crippen molar-refractivity contribution in [2.24, 2.45) is 4.40 Å². The standard InChI is InChI=1S/C15H17ClN2OS/c1-10(18-20(19)15(2,3)4)12-7-5-6-11-8-9-13(16)17-14(11)12/h5-9H,1-4H3/b18-10+. The van der Waals surface area contributed by atoms with Crippen LogP contribution in [0.3, 0.4) is 0 Å². The number of benzene rings is 1. The van der Waals surface area contributed by atoms with E-state index in [1.165, 1.54) is 0 Å². The molecule has 0 aliphatic carbocycles. The van der Waals surface area contributed by atoms with E-state index < -0.39 is 11.0 Å². The summed E-state index contributed by atoms with van der Waals surface area (Å²) in [6, 6.07) is 9.50. The third-order valence-electron chi connectivity index (χ3n) is 2.82. The molecule has 0 spiro atoms. The van der Waals surface area contributed by atoms with Gasteiger partial charge in [-0.25, -0.2) is 9.19 Å². The van der Waals surface area contributed by atoms with Gasteiger partial charge in [0.1, 0.15) is 16.1 Å². The summed E-state index contributed by atoms with van der Waals surface area (Å²) in [5, 5.41) is 1.43. The predicted molar refractivity (Wildman–Crippen MR) is 86.9 cm³/mol. The second-order valence-electron chi connectivity index (χ2n) is 5.55. The van der Waals surface area contributed by atoms with Crippen LogP contribution in [0, 0.1) is 0 Å². The third-order valence-corrected chi connectivity index (χ3v) is 4.52. The molecule has 5 heteroatoms. The fourth-order valence-electron chi connectivity index (χ4n) is 1.73. The SMILES string of the molecule is C/C(=N\S(=O)C(C)(C)C)c1cccc2ccc(Cl)nc12. The number of pyridine rings is 1. The highest BCUT2D eigenvalue weighted by atomic mass is 35.5. The van der Waals surface area contributed by atoms with Crippen molar-refractivity contribution < 1.29 is 4.21 Å². The van der Waals surface area contributed by atoms with Crippen LogP contribution in [0.1, 0.15) is 33.3 Å². The zero-order valence-electron chi connectivity index (χ0n) is 12.0. The molecule has 0 fully saturated rings. The van der Waals surface area contributed by atoms with E-state index in [4.69, 9.17) is 11.6 Å². The van der Waals surface area contributed by atoms with Crippen LogP contribution in [0.25, 0.3) is 10.9 Å². The van der Waals surface area contributed by atoms with Crippen molar-refractivity contribution in [2.75, 3.05) is 0 Å². The monoisotopic (exact) mass is 308 g/mol. The highest BCUT2D eigenvalue weighted by molar-refractivity contribution is 7.85. The molecule has 2 rings (SSSR count). The summed E-state index contributed by atoms with van der Waals surface area (Å²) < 4.78 is 16.1. The van der Waals surface area contributed by atoms with Gasteiger partial charge in [0, 0.05) is 10.9 Å². The van der Waals surface area contributed by atoms with Crippen LogP contribution < -0.4 is 0 Å². The van der Waals surface area contributed by atoms with Crippen molar-refractivity contribution >= 4 is 39.2 Å². The molecular formula is C15H17ClN2OS. The smallest absolute Gasteiger partial charge is 0.145 e. The first-order chi connectivity index (χ1) is 9.29. The molecule has 0 saturated heterocycles. The molecule has 20 heavy (non-hydrogen) atoms. The first-order valence-corrected chi connectivity index (χ1v) is 7.80. The summed E-state index contributed by atoms with van der Waals surface area (Å²) >= 11 is 5.96. The number of hydrogen-bond donors (Lipinski definition) is 0. The lowest BCUT2D eigenvalue weighted by Crippen LogP contribution is -2.20. The molecule has 2 aromatic rings. The molecule has 0 amide bonds. The van der Waals surface area contributed by atoms with E-state index in [9.17, 15) is 4.21 Å². The van der Waals surface area contributed by atoms with E-state index in [1.807, 2.05) is 52.0 Å². The van der Waals surface area contributed by atoms with Gasteiger partial charge < -0.3 is 0 Å². The molecule has 1 aromatic heterocycles. The number of nitrogens with zero attached hydrogens (tertiary/aromatic N) is 2. The van der Waals surface area contributed by atoms with E-state index in [0.717, 1.165) is 16.5 Å². The van der Waals surface area contributed by atoms with Gasteiger partial charge in [-0.3, -0.25) is 0 Å². The maximum Gasteiger partial charge on any atom is 0.145 e. The number of aromatic nitrogens is 1.